The highest BCUT2D eigenvalue weighted by molar-refractivity contribution is 5.61. The summed E-state index contributed by atoms with van der Waals surface area (Å²) in [6.07, 6.45) is 1.84. The number of anilines is 1. The third-order valence-electron chi connectivity index (χ3n) is 2.75. The third kappa shape index (κ3) is 3.25. The molecule has 7 heteroatoms. The van der Waals surface area contributed by atoms with Crippen LogP contribution in [-0.2, 0) is 11.3 Å². The van der Waals surface area contributed by atoms with Gasteiger partial charge in [0.15, 0.2) is 5.82 Å². The highest BCUT2D eigenvalue weighted by Gasteiger charge is 2.10. The Balaban J connectivity index is 2.12. The Morgan fingerprint density at radius 2 is 2.21 bits per heavy atom. The largest absolute Gasteiger partial charge is 0.396 e. The first-order valence-electron chi connectivity index (χ1n) is 6.03. The predicted molar refractivity (Wildman–Crippen MR) is 68.7 cm³/mol. The van der Waals surface area contributed by atoms with Crippen LogP contribution in [0.25, 0.3) is 11.4 Å². The number of halogens is 1. The maximum Gasteiger partial charge on any atom is 0.182 e. The fourth-order valence-corrected chi connectivity index (χ4v) is 1.75. The average Bonchev–Trinajstić information content (AvgIpc) is 2.86. The lowest BCUT2D eigenvalue weighted by molar-refractivity contribution is 0.191. The maximum atomic E-state index is 13.1. The zero-order chi connectivity index (χ0) is 13.7. The van der Waals surface area contributed by atoms with E-state index in [9.17, 15) is 4.39 Å². The van der Waals surface area contributed by atoms with Crippen LogP contribution in [-0.4, -0.2) is 33.9 Å². The van der Waals surface area contributed by atoms with Crippen molar-refractivity contribution in [1.82, 2.24) is 20.2 Å². The van der Waals surface area contributed by atoms with Gasteiger partial charge in [-0.25, -0.2) is 9.07 Å². The number of methoxy groups -OCH3 is 1. The van der Waals surface area contributed by atoms with Gasteiger partial charge in [0.25, 0.3) is 0 Å². The van der Waals surface area contributed by atoms with Crippen molar-refractivity contribution < 1.29 is 9.13 Å². The van der Waals surface area contributed by atoms with Crippen molar-refractivity contribution >= 4 is 5.69 Å². The van der Waals surface area contributed by atoms with Crippen LogP contribution in [0.3, 0.4) is 0 Å². The van der Waals surface area contributed by atoms with Gasteiger partial charge in [-0.05, 0) is 41.5 Å². The van der Waals surface area contributed by atoms with Gasteiger partial charge in [-0.2, -0.15) is 0 Å². The van der Waals surface area contributed by atoms with E-state index in [0.717, 1.165) is 12.8 Å². The van der Waals surface area contributed by atoms with E-state index in [4.69, 9.17) is 10.5 Å². The fourth-order valence-electron chi connectivity index (χ4n) is 1.75. The van der Waals surface area contributed by atoms with E-state index >= 15 is 0 Å². The minimum atomic E-state index is -0.442. The van der Waals surface area contributed by atoms with Crippen molar-refractivity contribution in [2.75, 3.05) is 19.5 Å². The molecule has 6 nitrogen and oxygen atoms in total. The Kier molecular flexibility index (Phi) is 4.40. The lowest BCUT2D eigenvalue weighted by atomic mass is 10.2. The zero-order valence-corrected chi connectivity index (χ0v) is 10.7. The molecule has 19 heavy (non-hydrogen) atoms. The summed E-state index contributed by atoms with van der Waals surface area (Å²) in [5.41, 5.74) is 6.34. The van der Waals surface area contributed by atoms with Crippen LogP contribution >= 0.6 is 0 Å². The number of ether oxygens (including phenoxy) is 1. The molecule has 0 aliphatic carbocycles. The van der Waals surface area contributed by atoms with Crippen LogP contribution in [0.2, 0.25) is 0 Å². The second-order valence-corrected chi connectivity index (χ2v) is 4.16. The molecule has 1 heterocycles. The number of nitrogens with two attached hydrogens (primary N) is 1. The molecule has 0 saturated carbocycles. The second-order valence-electron chi connectivity index (χ2n) is 4.16. The first-order chi connectivity index (χ1) is 9.22. The van der Waals surface area contributed by atoms with Crippen molar-refractivity contribution in [2.45, 2.75) is 19.4 Å². The summed E-state index contributed by atoms with van der Waals surface area (Å²) in [4.78, 5) is 0. The minimum Gasteiger partial charge on any atom is -0.396 e. The topological polar surface area (TPSA) is 78.8 Å². The van der Waals surface area contributed by atoms with Gasteiger partial charge in [0.1, 0.15) is 5.82 Å². The summed E-state index contributed by atoms with van der Waals surface area (Å²) < 4.78 is 19.8. The van der Waals surface area contributed by atoms with Crippen molar-refractivity contribution in [3.05, 3.63) is 24.0 Å². The Morgan fingerprint density at radius 3 is 2.95 bits per heavy atom. The molecule has 102 valence electrons. The number of hydrogen-bond donors (Lipinski definition) is 1. The highest BCUT2D eigenvalue weighted by Crippen LogP contribution is 2.21. The number of unbranched alkanes of at least 4 members (excludes halogenated alkanes) is 1. The molecule has 0 amide bonds. The standard InChI is InChI=1S/C12H16FN5O/c1-19-7-3-2-6-18-12(15-16-17-18)9-4-5-10(13)11(14)8-9/h4-5,8H,2-3,6-7,14H2,1H3. The minimum absolute atomic E-state index is 0.0893. The molecule has 2 aromatic rings. The van der Waals surface area contributed by atoms with Gasteiger partial charge in [-0.15, -0.1) is 5.10 Å². The van der Waals surface area contributed by atoms with Gasteiger partial charge in [-0.3, -0.25) is 0 Å². The van der Waals surface area contributed by atoms with Gasteiger partial charge in [0, 0.05) is 25.8 Å². The van der Waals surface area contributed by atoms with Crippen LogP contribution < -0.4 is 5.73 Å². The predicted octanol–water partition coefficient (Wildman–Crippen LogP) is 1.49. The van der Waals surface area contributed by atoms with E-state index in [1.807, 2.05) is 0 Å². The average molecular weight is 265 g/mol. The monoisotopic (exact) mass is 265 g/mol. The molecule has 1 aromatic carbocycles. The number of rotatable bonds is 6. The molecule has 0 fully saturated rings. The molecule has 0 radical (unpaired) electrons. The van der Waals surface area contributed by atoms with E-state index in [1.165, 1.54) is 12.1 Å². The van der Waals surface area contributed by atoms with Crippen molar-refractivity contribution in [1.29, 1.82) is 0 Å². The number of aromatic nitrogens is 4. The summed E-state index contributed by atoms with van der Waals surface area (Å²) >= 11 is 0. The molecular weight excluding hydrogens is 249 g/mol. The summed E-state index contributed by atoms with van der Waals surface area (Å²) in [5.74, 6) is 0.145. The molecule has 2 N–H and O–H groups in total. The molecule has 0 atom stereocenters. The first-order valence-corrected chi connectivity index (χ1v) is 6.03. The van der Waals surface area contributed by atoms with Crippen molar-refractivity contribution in [2.24, 2.45) is 0 Å². The summed E-state index contributed by atoms with van der Waals surface area (Å²) in [7, 11) is 1.67. The zero-order valence-electron chi connectivity index (χ0n) is 10.7. The van der Waals surface area contributed by atoms with E-state index in [2.05, 4.69) is 15.5 Å². The van der Waals surface area contributed by atoms with Gasteiger partial charge >= 0.3 is 0 Å². The molecule has 2 rings (SSSR count). The Hall–Kier alpha value is -2.02. The quantitative estimate of drug-likeness (QED) is 0.632. The molecule has 1 aromatic heterocycles. The van der Waals surface area contributed by atoms with Gasteiger partial charge in [0.2, 0.25) is 0 Å². The first kappa shape index (κ1) is 13.4. The number of hydrogen-bond acceptors (Lipinski definition) is 5. The molecular formula is C12H16FN5O. The van der Waals surface area contributed by atoms with Crippen LogP contribution in [0.1, 0.15) is 12.8 Å². The number of benzene rings is 1. The van der Waals surface area contributed by atoms with Crippen LogP contribution in [0, 0.1) is 5.82 Å². The Bertz CT molecular complexity index is 543. The normalized spacial score (nSPS) is 10.8. The van der Waals surface area contributed by atoms with Gasteiger partial charge < -0.3 is 10.5 Å². The molecule has 0 unspecified atom stereocenters. The molecule has 0 spiro atoms. The number of aryl methyl sites for hydroxylation is 1. The summed E-state index contributed by atoms with van der Waals surface area (Å²) in [5, 5.41) is 11.5. The third-order valence-corrected chi connectivity index (χ3v) is 2.75. The number of nitrogen functional groups attached to an aromatic ring is 1. The van der Waals surface area contributed by atoms with Gasteiger partial charge in [-0.1, -0.05) is 0 Å². The number of tetrazole rings is 1. The SMILES string of the molecule is COCCCCn1nnnc1-c1ccc(F)c(N)c1. The van der Waals surface area contributed by atoms with E-state index < -0.39 is 5.82 Å². The lowest BCUT2D eigenvalue weighted by Crippen LogP contribution is -2.04. The van der Waals surface area contributed by atoms with Gasteiger partial charge in [0.05, 0.1) is 5.69 Å². The maximum absolute atomic E-state index is 13.1. The second kappa shape index (κ2) is 6.24. The summed E-state index contributed by atoms with van der Waals surface area (Å²) in [6, 6.07) is 4.46. The van der Waals surface area contributed by atoms with Crippen LogP contribution in [0.15, 0.2) is 18.2 Å². The van der Waals surface area contributed by atoms with Crippen LogP contribution in [0.5, 0.6) is 0 Å². The molecule has 0 saturated heterocycles. The molecule has 0 aliphatic rings. The molecule has 0 bridgehead atoms. The Labute approximate surface area is 110 Å². The highest BCUT2D eigenvalue weighted by atomic mass is 19.1. The van der Waals surface area contributed by atoms with Crippen LogP contribution in [0.4, 0.5) is 10.1 Å². The lowest BCUT2D eigenvalue weighted by Gasteiger charge is -2.05. The van der Waals surface area contributed by atoms with E-state index in [-0.39, 0.29) is 5.69 Å². The van der Waals surface area contributed by atoms with E-state index in [0.29, 0.717) is 24.5 Å². The smallest absolute Gasteiger partial charge is 0.182 e. The number of nitrogens with zero attached hydrogens (tertiary/aromatic N) is 4. The van der Waals surface area contributed by atoms with E-state index in [1.54, 1.807) is 17.9 Å². The van der Waals surface area contributed by atoms with Crippen molar-refractivity contribution in [3.8, 4) is 11.4 Å². The summed E-state index contributed by atoms with van der Waals surface area (Å²) in [6.45, 7) is 1.39. The fraction of sp³-hybridized carbons (Fsp3) is 0.417. The molecule has 0 aliphatic heterocycles. The Morgan fingerprint density at radius 1 is 1.37 bits per heavy atom. The van der Waals surface area contributed by atoms with Crippen molar-refractivity contribution in [3.63, 3.8) is 0 Å².